The van der Waals surface area contributed by atoms with Gasteiger partial charge >= 0.3 is 0 Å². The van der Waals surface area contributed by atoms with Crippen molar-refractivity contribution in [3.63, 3.8) is 0 Å². The lowest BCUT2D eigenvalue weighted by molar-refractivity contribution is -0.00719. The Morgan fingerprint density at radius 3 is 2.61 bits per heavy atom. The van der Waals surface area contributed by atoms with Gasteiger partial charge in [-0.05, 0) is 18.1 Å². The zero-order valence-electron chi connectivity index (χ0n) is 10.3. The molecular formula is C13H16Cl2FNO. The number of ether oxygens (including phenoxy) is 1. The summed E-state index contributed by atoms with van der Waals surface area (Å²) >= 11 is 11.7. The Bertz CT molecular complexity index is 431. The number of nitrogens with one attached hydrogen (secondary N) is 1. The minimum atomic E-state index is -0.467. The fourth-order valence-corrected chi connectivity index (χ4v) is 2.51. The molecule has 0 bridgehead atoms. The summed E-state index contributed by atoms with van der Waals surface area (Å²) in [7, 11) is 0. The van der Waals surface area contributed by atoms with Crippen LogP contribution in [-0.2, 0) is 4.74 Å². The summed E-state index contributed by atoms with van der Waals surface area (Å²) in [6.07, 6.45) is -0.223. The fourth-order valence-electron chi connectivity index (χ4n) is 2.01. The monoisotopic (exact) mass is 291 g/mol. The predicted octanol–water partition coefficient (Wildman–Crippen LogP) is 3.82. The summed E-state index contributed by atoms with van der Waals surface area (Å²) in [5.41, 5.74) is 0.647. The van der Waals surface area contributed by atoms with E-state index in [9.17, 15) is 4.39 Å². The number of morpholine rings is 1. The van der Waals surface area contributed by atoms with Gasteiger partial charge in [-0.25, -0.2) is 4.39 Å². The number of benzene rings is 1. The third-order valence-corrected chi connectivity index (χ3v) is 3.85. The van der Waals surface area contributed by atoms with Gasteiger partial charge in [0, 0.05) is 23.2 Å². The predicted molar refractivity (Wildman–Crippen MR) is 71.7 cm³/mol. The molecule has 2 unspecified atom stereocenters. The average Bonchev–Trinajstić information content (AvgIpc) is 2.34. The SMILES string of the molecule is CC(C)C1COC(c2cc(F)c(Cl)cc2Cl)CN1. The molecule has 1 aliphatic rings. The van der Waals surface area contributed by atoms with Crippen LogP contribution < -0.4 is 5.32 Å². The molecule has 1 heterocycles. The summed E-state index contributed by atoms with van der Waals surface area (Å²) in [5.74, 6) is 0.0361. The van der Waals surface area contributed by atoms with Crippen molar-refractivity contribution in [3.8, 4) is 0 Å². The van der Waals surface area contributed by atoms with Crippen molar-refractivity contribution >= 4 is 23.2 Å². The zero-order valence-corrected chi connectivity index (χ0v) is 11.9. The van der Waals surface area contributed by atoms with Crippen LogP contribution in [0.4, 0.5) is 4.39 Å². The summed E-state index contributed by atoms with van der Waals surface area (Å²) in [5, 5.41) is 3.87. The maximum Gasteiger partial charge on any atom is 0.142 e. The Hall–Kier alpha value is -0.350. The Balaban J connectivity index is 2.12. The molecule has 5 heteroatoms. The van der Waals surface area contributed by atoms with Gasteiger partial charge in [-0.1, -0.05) is 37.0 Å². The molecule has 0 radical (unpaired) electrons. The van der Waals surface area contributed by atoms with Gasteiger partial charge < -0.3 is 10.1 Å². The van der Waals surface area contributed by atoms with Gasteiger partial charge in [0.2, 0.25) is 0 Å². The number of rotatable bonds is 2. The van der Waals surface area contributed by atoms with Gasteiger partial charge in [0.15, 0.2) is 0 Å². The maximum absolute atomic E-state index is 13.5. The number of halogens is 3. The lowest BCUT2D eigenvalue weighted by Crippen LogP contribution is -2.45. The van der Waals surface area contributed by atoms with Crippen molar-refractivity contribution in [2.24, 2.45) is 5.92 Å². The Morgan fingerprint density at radius 2 is 2.06 bits per heavy atom. The number of hydrogen-bond acceptors (Lipinski definition) is 2. The van der Waals surface area contributed by atoms with Gasteiger partial charge in [0.1, 0.15) is 5.82 Å². The second-order valence-electron chi connectivity index (χ2n) is 4.87. The summed E-state index contributed by atoms with van der Waals surface area (Å²) in [6, 6.07) is 3.11. The highest BCUT2D eigenvalue weighted by Crippen LogP contribution is 2.31. The van der Waals surface area contributed by atoms with Crippen molar-refractivity contribution in [2.45, 2.75) is 26.0 Å². The van der Waals surface area contributed by atoms with E-state index in [4.69, 9.17) is 27.9 Å². The molecule has 1 saturated heterocycles. The third kappa shape index (κ3) is 2.97. The molecule has 0 spiro atoms. The molecule has 1 aromatic rings. The van der Waals surface area contributed by atoms with E-state index in [1.807, 2.05) is 0 Å². The van der Waals surface area contributed by atoms with E-state index in [1.54, 1.807) is 0 Å². The largest absolute Gasteiger partial charge is 0.371 e. The summed E-state index contributed by atoms with van der Waals surface area (Å²) < 4.78 is 19.2. The normalized spacial score (nSPS) is 24.6. The van der Waals surface area contributed by atoms with E-state index >= 15 is 0 Å². The van der Waals surface area contributed by atoms with Crippen LogP contribution in [0.5, 0.6) is 0 Å². The highest BCUT2D eigenvalue weighted by molar-refractivity contribution is 6.35. The molecule has 2 rings (SSSR count). The Labute approximate surface area is 116 Å². The van der Waals surface area contributed by atoms with Crippen LogP contribution in [0.2, 0.25) is 10.0 Å². The minimum Gasteiger partial charge on any atom is -0.371 e. The van der Waals surface area contributed by atoms with E-state index in [0.29, 0.717) is 35.7 Å². The second-order valence-corrected chi connectivity index (χ2v) is 5.68. The topological polar surface area (TPSA) is 21.3 Å². The lowest BCUT2D eigenvalue weighted by atomic mass is 10.0. The highest BCUT2D eigenvalue weighted by Gasteiger charge is 2.26. The molecule has 100 valence electrons. The Morgan fingerprint density at radius 1 is 1.33 bits per heavy atom. The first-order valence-corrected chi connectivity index (χ1v) is 6.74. The van der Waals surface area contributed by atoms with Crippen LogP contribution >= 0.6 is 23.2 Å². The molecule has 18 heavy (non-hydrogen) atoms. The van der Waals surface area contributed by atoms with E-state index in [2.05, 4.69) is 19.2 Å². The molecule has 1 aromatic carbocycles. The van der Waals surface area contributed by atoms with Gasteiger partial charge in [0.25, 0.3) is 0 Å². The van der Waals surface area contributed by atoms with E-state index in [-0.39, 0.29) is 11.1 Å². The van der Waals surface area contributed by atoms with Crippen LogP contribution in [0.25, 0.3) is 0 Å². The molecule has 0 amide bonds. The van der Waals surface area contributed by atoms with Crippen molar-refractivity contribution in [2.75, 3.05) is 13.2 Å². The van der Waals surface area contributed by atoms with Gasteiger partial charge in [-0.15, -0.1) is 0 Å². The van der Waals surface area contributed by atoms with E-state index < -0.39 is 5.82 Å². The zero-order chi connectivity index (χ0) is 13.3. The lowest BCUT2D eigenvalue weighted by Gasteiger charge is -2.33. The van der Waals surface area contributed by atoms with Gasteiger partial charge in [0.05, 0.1) is 17.7 Å². The average molecular weight is 292 g/mol. The third-order valence-electron chi connectivity index (χ3n) is 3.23. The molecule has 0 saturated carbocycles. The first-order valence-electron chi connectivity index (χ1n) is 5.98. The summed E-state index contributed by atoms with van der Waals surface area (Å²) in [6.45, 7) is 5.50. The summed E-state index contributed by atoms with van der Waals surface area (Å²) in [4.78, 5) is 0. The van der Waals surface area contributed by atoms with Crippen molar-refractivity contribution < 1.29 is 9.13 Å². The van der Waals surface area contributed by atoms with Crippen LogP contribution in [0.3, 0.4) is 0 Å². The van der Waals surface area contributed by atoms with Gasteiger partial charge in [-0.2, -0.15) is 0 Å². The molecule has 0 aromatic heterocycles. The minimum absolute atomic E-state index is 0.0348. The first kappa shape index (κ1) is 14.1. The smallest absolute Gasteiger partial charge is 0.142 e. The molecule has 1 aliphatic heterocycles. The molecule has 0 aliphatic carbocycles. The van der Waals surface area contributed by atoms with Crippen LogP contribution in [-0.4, -0.2) is 19.2 Å². The molecule has 2 nitrogen and oxygen atoms in total. The number of hydrogen-bond donors (Lipinski definition) is 1. The van der Waals surface area contributed by atoms with E-state index in [1.165, 1.54) is 12.1 Å². The fraction of sp³-hybridized carbons (Fsp3) is 0.538. The van der Waals surface area contributed by atoms with Crippen LogP contribution in [0.15, 0.2) is 12.1 Å². The maximum atomic E-state index is 13.5. The van der Waals surface area contributed by atoms with Crippen LogP contribution in [0, 0.1) is 11.7 Å². The van der Waals surface area contributed by atoms with E-state index in [0.717, 1.165) is 0 Å². The van der Waals surface area contributed by atoms with Gasteiger partial charge in [-0.3, -0.25) is 0 Å². The molecule has 2 atom stereocenters. The Kier molecular flexibility index (Phi) is 4.49. The molecule has 1 fully saturated rings. The quantitative estimate of drug-likeness (QED) is 0.837. The molecular weight excluding hydrogens is 276 g/mol. The van der Waals surface area contributed by atoms with Crippen molar-refractivity contribution in [3.05, 3.63) is 33.6 Å². The highest BCUT2D eigenvalue weighted by atomic mass is 35.5. The second kappa shape index (κ2) is 5.74. The van der Waals surface area contributed by atoms with Crippen molar-refractivity contribution in [1.29, 1.82) is 0 Å². The molecule has 1 N–H and O–H groups in total. The van der Waals surface area contributed by atoms with Crippen molar-refractivity contribution in [1.82, 2.24) is 5.32 Å². The first-order chi connectivity index (χ1) is 8.49. The van der Waals surface area contributed by atoms with Crippen LogP contribution in [0.1, 0.15) is 25.5 Å². The standard InChI is InChI=1S/C13H16Cl2FNO/c1-7(2)12-6-18-13(5-17-12)8-3-11(16)10(15)4-9(8)14/h3-4,7,12-13,17H,5-6H2,1-2H3.